The summed E-state index contributed by atoms with van der Waals surface area (Å²) in [5.74, 6) is 0.100. The molecule has 0 aromatic heterocycles. The molecule has 11 heavy (non-hydrogen) atoms. The Morgan fingerprint density at radius 2 is 2.27 bits per heavy atom. The molecule has 0 fully saturated rings. The van der Waals surface area contributed by atoms with Crippen molar-refractivity contribution in [1.29, 1.82) is 0 Å². The molecule has 0 aliphatic carbocycles. The Bertz CT molecular complexity index is 195. The molecule has 0 amide bonds. The van der Waals surface area contributed by atoms with Crippen molar-refractivity contribution in [3.8, 4) is 0 Å². The molecule has 0 saturated heterocycles. The fraction of sp³-hybridized carbons (Fsp3) is 0.400. The van der Waals surface area contributed by atoms with Gasteiger partial charge in [-0.3, -0.25) is 4.79 Å². The third-order valence-corrected chi connectivity index (χ3v) is 1.39. The molecule has 0 unspecified atom stereocenters. The van der Waals surface area contributed by atoms with E-state index in [4.69, 9.17) is 0 Å². The maximum Gasteiger partial charge on any atom is 0.162 e. The smallest absolute Gasteiger partial charge is 0.162 e. The summed E-state index contributed by atoms with van der Waals surface area (Å²) in [5, 5.41) is 0. The van der Waals surface area contributed by atoms with Crippen molar-refractivity contribution in [3.05, 3.63) is 30.5 Å². The summed E-state index contributed by atoms with van der Waals surface area (Å²) >= 11 is 0. The van der Waals surface area contributed by atoms with Crippen LogP contribution in [0.25, 0.3) is 0 Å². The molecule has 0 heterocycles. The van der Waals surface area contributed by atoms with E-state index in [0.717, 1.165) is 12.8 Å². The van der Waals surface area contributed by atoms with Crippen LogP contribution in [0.5, 0.6) is 0 Å². The standard InChI is InChI=1S/C10H14O/c1-4-6-8-10(11)9(3)7-5-2/h7H,2-4,6,8H2,1H3. The highest BCUT2D eigenvalue weighted by Gasteiger charge is 2.01. The van der Waals surface area contributed by atoms with Crippen LogP contribution in [-0.2, 0) is 4.79 Å². The largest absolute Gasteiger partial charge is 0.294 e. The van der Waals surface area contributed by atoms with Crippen LogP contribution in [0.4, 0.5) is 0 Å². The van der Waals surface area contributed by atoms with Crippen LogP contribution in [0.1, 0.15) is 26.2 Å². The number of allylic oxidation sites excluding steroid dienone is 2. The Balaban J connectivity index is 3.83. The van der Waals surface area contributed by atoms with Gasteiger partial charge in [0.05, 0.1) is 0 Å². The van der Waals surface area contributed by atoms with E-state index in [0.29, 0.717) is 12.0 Å². The zero-order valence-corrected chi connectivity index (χ0v) is 7.02. The molecular weight excluding hydrogens is 136 g/mol. The Morgan fingerprint density at radius 1 is 1.64 bits per heavy atom. The minimum Gasteiger partial charge on any atom is -0.294 e. The second-order valence-corrected chi connectivity index (χ2v) is 2.40. The van der Waals surface area contributed by atoms with Crippen molar-refractivity contribution in [2.45, 2.75) is 26.2 Å². The van der Waals surface area contributed by atoms with Crippen LogP contribution in [0.15, 0.2) is 30.5 Å². The number of hydrogen-bond donors (Lipinski definition) is 0. The number of ketones is 1. The molecule has 0 aliphatic heterocycles. The lowest BCUT2D eigenvalue weighted by Crippen LogP contribution is -1.97. The monoisotopic (exact) mass is 150 g/mol. The molecule has 0 bridgehead atoms. The second kappa shape index (κ2) is 5.70. The molecule has 0 rings (SSSR count). The summed E-state index contributed by atoms with van der Waals surface area (Å²) in [4.78, 5) is 11.1. The van der Waals surface area contributed by atoms with Gasteiger partial charge in [-0.15, -0.1) is 5.73 Å². The molecule has 0 spiro atoms. The van der Waals surface area contributed by atoms with Gasteiger partial charge < -0.3 is 0 Å². The first kappa shape index (κ1) is 9.93. The predicted molar refractivity (Wildman–Crippen MR) is 47.4 cm³/mol. The molecule has 0 aromatic carbocycles. The van der Waals surface area contributed by atoms with Crippen molar-refractivity contribution >= 4 is 5.78 Å². The Morgan fingerprint density at radius 3 is 2.73 bits per heavy atom. The number of unbranched alkanes of at least 4 members (excludes halogenated alkanes) is 1. The molecule has 0 radical (unpaired) electrons. The number of Topliss-reactive ketones (excluding diaryl/α,β-unsaturated/α-hetero) is 1. The highest BCUT2D eigenvalue weighted by molar-refractivity contribution is 5.97. The van der Waals surface area contributed by atoms with Crippen molar-refractivity contribution in [1.82, 2.24) is 0 Å². The first-order chi connectivity index (χ1) is 5.22. The average molecular weight is 150 g/mol. The molecule has 60 valence electrons. The number of carbonyl (C=O) groups excluding carboxylic acids is 1. The van der Waals surface area contributed by atoms with E-state index in [2.05, 4.69) is 25.8 Å². The maximum absolute atomic E-state index is 11.1. The minimum absolute atomic E-state index is 0.100. The van der Waals surface area contributed by atoms with Crippen LogP contribution in [-0.4, -0.2) is 5.78 Å². The topological polar surface area (TPSA) is 17.1 Å². The Labute approximate surface area is 68.1 Å². The molecule has 1 heteroatoms. The minimum atomic E-state index is 0.100. The zero-order chi connectivity index (χ0) is 8.69. The van der Waals surface area contributed by atoms with E-state index in [9.17, 15) is 4.79 Å². The highest BCUT2D eigenvalue weighted by Crippen LogP contribution is 2.02. The summed E-state index contributed by atoms with van der Waals surface area (Å²) in [6.07, 6.45) is 4.09. The van der Waals surface area contributed by atoms with Crippen LogP contribution in [0, 0.1) is 0 Å². The van der Waals surface area contributed by atoms with Gasteiger partial charge in [-0.05, 0) is 12.5 Å². The van der Waals surface area contributed by atoms with Crippen molar-refractivity contribution < 1.29 is 4.79 Å². The molecule has 0 N–H and O–H groups in total. The summed E-state index contributed by atoms with van der Waals surface area (Å²) in [7, 11) is 0. The van der Waals surface area contributed by atoms with Gasteiger partial charge in [0.1, 0.15) is 0 Å². The van der Waals surface area contributed by atoms with Gasteiger partial charge >= 0.3 is 0 Å². The molecule has 0 atom stereocenters. The van der Waals surface area contributed by atoms with E-state index in [1.165, 1.54) is 6.08 Å². The fourth-order valence-corrected chi connectivity index (χ4v) is 0.702. The molecule has 0 aliphatic rings. The quantitative estimate of drug-likeness (QED) is 0.334. The molecule has 0 aromatic rings. The van der Waals surface area contributed by atoms with Gasteiger partial charge in [0.15, 0.2) is 5.78 Å². The van der Waals surface area contributed by atoms with E-state index < -0.39 is 0 Å². The zero-order valence-electron chi connectivity index (χ0n) is 7.02. The second-order valence-electron chi connectivity index (χ2n) is 2.40. The van der Waals surface area contributed by atoms with Gasteiger partial charge in [-0.25, -0.2) is 0 Å². The number of hydrogen-bond acceptors (Lipinski definition) is 1. The van der Waals surface area contributed by atoms with Crippen molar-refractivity contribution in [2.75, 3.05) is 0 Å². The fourth-order valence-electron chi connectivity index (χ4n) is 0.702. The summed E-state index contributed by atoms with van der Waals surface area (Å²) in [6.45, 7) is 9.01. The third kappa shape index (κ3) is 4.35. The predicted octanol–water partition coefficient (Wildman–Crippen LogP) is 2.64. The van der Waals surface area contributed by atoms with Gasteiger partial charge in [-0.2, -0.15) is 0 Å². The third-order valence-electron chi connectivity index (χ3n) is 1.39. The van der Waals surface area contributed by atoms with Gasteiger partial charge in [-0.1, -0.05) is 26.5 Å². The number of rotatable bonds is 5. The summed E-state index contributed by atoms with van der Waals surface area (Å²) < 4.78 is 0. The SMILES string of the molecule is C=C=CC(=C)C(=O)CCCC. The average Bonchev–Trinajstić information content (AvgIpc) is 2.00. The maximum atomic E-state index is 11.1. The first-order valence-corrected chi connectivity index (χ1v) is 3.80. The van der Waals surface area contributed by atoms with E-state index in [1.54, 1.807) is 0 Å². The highest BCUT2D eigenvalue weighted by atomic mass is 16.1. The van der Waals surface area contributed by atoms with E-state index >= 15 is 0 Å². The van der Waals surface area contributed by atoms with Crippen LogP contribution < -0.4 is 0 Å². The lowest BCUT2D eigenvalue weighted by molar-refractivity contribution is -0.115. The Kier molecular flexibility index (Phi) is 5.14. The summed E-state index contributed by atoms with van der Waals surface area (Å²) in [5.41, 5.74) is 3.04. The van der Waals surface area contributed by atoms with E-state index in [1.807, 2.05) is 0 Å². The first-order valence-electron chi connectivity index (χ1n) is 3.80. The lowest BCUT2D eigenvalue weighted by atomic mass is 10.1. The number of carbonyl (C=O) groups is 1. The van der Waals surface area contributed by atoms with Crippen LogP contribution in [0.2, 0.25) is 0 Å². The van der Waals surface area contributed by atoms with Crippen molar-refractivity contribution in [3.63, 3.8) is 0 Å². The summed E-state index contributed by atoms with van der Waals surface area (Å²) in [6, 6.07) is 0. The Hall–Kier alpha value is -1.07. The van der Waals surface area contributed by atoms with E-state index in [-0.39, 0.29) is 5.78 Å². The molecule has 1 nitrogen and oxygen atoms in total. The van der Waals surface area contributed by atoms with Crippen LogP contribution in [0.3, 0.4) is 0 Å². The lowest BCUT2D eigenvalue weighted by Gasteiger charge is -1.95. The van der Waals surface area contributed by atoms with Gasteiger partial charge in [0, 0.05) is 12.0 Å². The molecular formula is C10H14O. The van der Waals surface area contributed by atoms with Crippen molar-refractivity contribution in [2.24, 2.45) is 0 Å². The molecule has 0 saturated carbocycles. The van der Waals surface area contributed by atoms with Gasteiger partial charge in [0.2, 0.25) is 0 Å². The normalized spacial score (nSPS) is 8.45. The van der Waals surface area contributed by atoms with Crippen LogP contribution >= 0.6 is 0 Å². The van der Waals surface area contributed by atoms with Gasteiger partial charge in [0.25, 0.3) is 0 Å².